The third kappa shape index (κ3) is 27.1. The van der Waals surface area contributed by atoms with Crippen molar-refractivity contribution in [2.45, 2.75) is 243 Å². The molecule has 5 fully saturated rings. The minimum atomic E-state index is 0.703. The van der Waals surface area contributed by atoms with Gasteiger partial charge in [0.2, 0.25) is 0 Å². The van der Waals surface area contributed by atoms with Crippen LogP contribution in [0.3, 0.4) is 0 Å². The van der Waals surface area contributed by atoms with Crippen LogP contribution in [0.1, 0.15) is 233 Å². The third-order valence-electron chi connectivity index (χ3n) is 29.5. The number of thiophene rings is 5. The molecular weight excluding hydrogens is 1720 g/mol. The van der Waals surface area contributed by atoms with Gasteiger partial charge in [-0.25, -0.2) is 0 Å². The second kappa shape index (κ2) is 49.5. The van der Waals surface area contributed by atoms with Crippen molar-refractivity contribution in [3.63, 3.8) is 0 Å². The lowest BCUT2D eigenvalue weighted by molar-refractivity contribution is 0.227. The molecule has 20 heteroatoms. The first-order valence-corrected chi connectivity index (χ1v) is 55.1. The van der Waals surface area contributed by atoms with E-state index in [-0.39, 0.29) is 0 Å². The summed E-state index contributed by atoms with van der Waals surface area (Å²) in [5, 5.41) is 56.9. The summed E-state index contributed by atoms with van der Waals surface area (Å²) in [5.41, 5.74) is 24.7. The summed E-state index contributed by atoms with van der Waals surface area (Å²) >= 11 is 8.38. The molecule has 13 heterocycles. The number of likely N-dealkylation sites (tertiary alicyclic amines) is 3. The molecule has 702 valence electrons. The van der Waals surface area contributed by atoms with E-state index < -0.39 is 0 Å². The lowest BCUT2D eigenvalue weighted by Crippen LogP contribution is -2.44. The van der Waals surface area contributed by atoms with Gasteiger partial charge in [0.15, 0.2) is 0 Å². The Morgan fingerprint density at radius 2 is 0.576 bits per heavy atom. The summed E-state index contributed by atoms with van der Waals surface area (Å²) in [6.45, 7) is 23.2. The van der Waals surface area contributed by atoms with Crippen molar-refractivity contribution in [1.82, 2.24) is 25.3 Å². The maximum atomic E-state index is 8.43. The fraction of sp³-hybridized carbons (Fsp3) is 0.509. The zero-order valence-electron chi connectivity index (χ0n) is 79.5. The summed E-state index contributed by atoms with van der Waals surface area (Å²) in [6, 6.07) is 57.9. The molecule has 20 rings (SSSR count). The van der Waals surface area contributed by atoms with Crippen LogP contribution in [-0.4, -0.2) is 193 Å². The van der Waals surface area contributed by atoms with Crippen molar-refractivity contribution in [1.29, 1.82) is 27.0 Å². The van der Waals surface area contributed by atoms with Crippen LogP contribution in [0.4, 0.5) is 28.4 Å². The van der Waals surface area contributed by atoms with Gasteiger partial charge in [0.05, 0.1) is 28.6 Å². The van der Waals surface area contributed by atoms with Gasteiger partial charge in [-0.1, -0.05) is 91.3 Å². The van der Waals surface area contributed by atoms with Gasteiger partial charge in [-0.15, -0.1) is 56.7 Å². The molecule has 5 aromatic heterocycles. The first-order valence-electron chi connectivity index (χ1n) is 50.7. The van der Waals surface area contributed by atoms with E-state index in [1.165, 1.54) is 380 Å². The Labute approximate surface area is 810 Å². The largest absolute Gasteiger partial charge is 0.371 e. The summed E-state index contributed by atoms with van der Waals surface area (Å²) < 4.78 is 0. The molecule has 2 aliphatic carbocycles. The van der Waals surface area contributed by atoms with Crippen LogP contribution in [0.2, 0.25) is 0 Å². The van der Waals surface area contributed by atoms with Gasteiger partial charge < -0.3 is 76.9 Å². The first-order chi connectivity index (χ1) is 64.8. The number of anilines is 5. The van der Waals surface area contributed by atoms with Gasteiger partial charge in [0, 0.05) is 166 Å². The lowest BCUT2D eigenvalue weighted by atomic mass is 9.88. The number of fused-ring (bicyclic) bond motifs is 5. The molecule has 0 amide bonds. The number of nitrogens with one attached hydrogen (secondary N) is 7. The Morgan fingerprint density at radius 1 is 0.295 bits per heavy atom. The van der Waals surface area contributed by atoms with E-state index in [2.05, 4.69) is 214 Å². The SMILES string of the molecule is CNC1CCC(N2CCCc3cc(CC(=N)c4cccs4)ccc32)CC1.CNC1CCC(N2CCCc3cc(CC(=N)c4cccs4)ccc32)CC1.Cc1ccc(C(=N)Cc2ccc3c(c2)CCCN3CCCN2CCCC2)s1.N=C(Cc1ccc2c(c1)CCCN2CCCN1CCCC1)c1cccs1.N=C(Cc1ccc2c(c1)CCCN2CCCN1CCCCC1)c1cccs1. The van der Waals surface area contributed by atoms with E-state index in [4.69, 9.17) is 27.0 Å². The monoisotopic (exact) mass is 1860 g/mol. The Bertz CT molecular complexity index is 5140. The Kier molecular flexibility index (Phi) is 36.3. The molecule has 0 bridgehead atoms. The smallest absolute Gasteiger partial charge is 0.0529 e. The fourth-order valence-electron chi connectivity index (χ4n) is 22.4. The van der Waals surface area contributed by atoms with Gasteiger partial charge in [-0.05, 0) is 397 Å². The second-order valence-electron chi connectivity index (χ2n) is 38.9. The highest BCUT2D eigenvalue weighted by atomic mass is 32.1. The summed E-state index contributed by atoms with van der Waals surface area (Å²) in [4.78, 5) is 27.8. The molecule has 15 nitrogen and oxygen atoms in total. The molecule has 8 aliphatic heterocycles. The minimum absolute atomic E-state index is 0.703. The highest BCUT2D eigenvalue weighted by Gasteiger charge is 2.32. The molecule has 0 atom stereocenters. The van der Waals surface area contributed by atoms with Crippen LogP contribution < -0.4 is 35.1 Å². The van der Waals surface area contributed by atoms with Crippen molar-refractivity contribution in [2.75, 3.05) is 150 Å². The Hall–Kier alpha value is -8.25. The standard InChI is InChI=1S/2C23H31N3S.3C22H29N3S/c1-18-7-10-23(27-18)21(24)17-19-8-9-22-20(16-19)6-4-14-26(22)15-5-13-25-11-2-3-12-25;24-21(23-8-5-16-27-23)18-19-9-10-22-20(17-19)7-4-14-26(22)15-6-13-25-11-2-1-3-12-25;2*1-24-18-7-9-19(10-8-18)25-12-2-4-17-14-16(6-11-21(17)25)15-20(23)22-5-3-13-26-22;23-20(22-7-4-15-26-22)17-18-8-9-21-19(16-18)6-3-13-25(21)14-5-12-24-10-1-2-11-24/h7-10,16,24H,2-6,11-15,17H2,1H3;5,8-10,16-17,24H,1-4,6-7,11-15,18H2;2*3,5-6,11,13-14,18-19,23-24H,2,4,7-10,12,15H2,1H3;4,7-9,15-16,23H,1-3,5-6,10-14,17H2. The Balaban J connectivity index is 0.000000120. The van der Waals surface area contributed by atoms with E-state index in [9.17, 15) is 0 Å². The van der Waals surface area contributed by atoms with Crippen LogP contribution in [0.15, 0.2) is 173 Å². The number of hydrogen-bond acceptors (Lipinski definition) is 20. The summed E-state index contributed by atoms with van der Waals surface area (Å²) in [5.74, 6) is 0. The molecule has 10 aromatic rings. The van der Waals surface area contributed by atoms with E-state index in [0.29, 0.717) is 24.2 Å². The van der Waals surface area contributed by atoms with Crippen molar-refractivity contribution < 1.29 is 0 Å². The topological polar surface area (TPSA) is 169 Å². The van der Waals surface area contributed by atoms with Crippen LogP contribution in [0, 0.1) is 34.0 Å². The number of rotatable bonds is 31. The maximum Gasteiger partial charge on any atom is 0.0529 e. The van der Waals surface area contributed by atoms with Crippen molar-refractivity contribution in [3.8, 4) is 0 Å². The second-order valence-corrected chi connectivity index (χ2v) is 44.0. The molecule has 7 N–H and O–H groups in total. The molecule has 5 aromatic carbocycles. The Morgan fingerprint density at radius 3 is 0.856 bits per heavy atom. The number of piperidine rings is 1. The van der Waals surface area contributed by atoms with Gasteiger partial charge >= 0.3 is 0 Å². The van der Waals surface area contributed by atoms with Crippen molar-refractivity contribution in [2.24, 2.45) is 0 Å². The quantitative estimate of drug-likeness (QED) is 0.0208. The van der Waals surface area contributed by atoms with E-state index in [1.807, 2.05) is 30.3 Å². The number of benzene rings is 5. The molecular formula is C112H149N15S5. The van der Waals surface area contributed by atoms with Crippen LogP contribution in [0.25, 0.3) is 0 Å². The summed E-state index contributed by atoms with van der Waals surface area (Å²) in [6.07, 6.45) is 39.8. The van der Waals surface area contributed by atoms with Crippen LogP contribution >= 0.6 is 56.7 Å². The van der Waals surface area contributed by atoms with E-state index in [0.717, 1.165) is 85.0 Å². The zero-order valence-corrected chi connectivity index (χ0v) is 83.6. The van der Waals surface area contributed by atoms with Crippen molar-refractivity contribution in [3.05, 3.63) is 258 Å². The molecule has 10 aliphatic rings. The van der Waals surface area contributed by atoms with E-state index in [1.54, 1.807) is 56.7 Å². The number of hydrogen-bond donors (Lipinski definition) is 7. The normalized spacial score (nSPS) is 19.6. The number of aryl methyl sites for hydroxylation is 6. The van der Waals surface area contributed by atoms with Crippen LogP contribution in [-0.2, 0) is 64.2 Å². The average Bonchev–Trinajstić information content (AvgIpc) is 1.10. The fourth-order valence-corrected chi connectivity index (χ4v) is 25.9. The predicted molar refractivity (Wildman–Crippen MR) is 570 cm³/mol. The molecule has 132 heavy (non-hydrogen) atoms. The molecule has 0 unspecified atom stereocenters. The highest BCUT2D eigenvalue weighted by molar-refractivity contribution is 7.14. The molecule has 0 spiro atoms. The molecule has 3 saturated heterocycles. The minimum Gasteiger partial charge on any atom is -0.371 e. The van der Waals surface area contributed by atoms with Gasteiger partial charge in [0.25, 0.3) is 0 Å². The molecule has 2 saturated carbocycles. The highest BCUT2D eigenvalue weighted by Crippen LogP contribution is 2.39. The lowest BCUT2D eigenvalue weighted by Gasteiger charge is -2.41. The van der Waals surface area contributed by atoms with Gasteiger partial charge in [-0.3, -0.25) is 0 Å². The molecule has 0 radical (unpaired) electrons. The van der Waals surface area contributed by atoms with Gasteiger partial charge in [-0.2, -0.15) is 0 Å². The zero-order chi connectivity index (χ0) is 90.8. The van der Waals surface area contributed by atoms with E-state index >= 15 is 0 Å². The number of nitrogens with zero attached hydrogens (tertiary/aromatic N) is 8. The average molecular weight is 1870 g/mol. The van der Waals surface area contributed by atoms with Crippen molar-refractivity contribution >= 4 is 114 Å². The summed E-state index contributed by atoms with van der Waals surface area (Å²) in [7, 11) is 4.19. The maximum absolute atomic E-state index is 8.43. The first kappa shape index (κ1) is 96.9. The van der Waals surface area contributed by atoms with Gasteiger partial charge in [0.1, 0.15) is 0 Å². The van der Waals surface area contributed by atoms with Crippen LogP contribution in [0.5, 0.6) is 0 Å². The third-order valence-corrected chi connectivity index (χ3v) is 34.3. The predicted octanol–water partition coefficient (Wildman–Crippen LogP) is 23.8.